The normalized spacial score (nSPS) is 28.6. The second-order valence-electron chi connectivity index (χ2n) is 3.97. The van der Waals surface area contributed by atoms with Crippen molar-refractivity contribution in [3.63, 3.8) is 0 Å². The Morgan fingerprint density at radius 1 is 1.57 bits per heavy atom. The van der Waals surface area contributed by atoms with E-state index in [9.17, 15) is 8.42 Å². The summed E-state index contributed by atoms with van der Waals surface area (Å²) in [6.45, 7) is 1.07. The zero-order valence-electron chi connectivity index (χ0n) is 8.61. The van der Waals surface area contributed by atoms with E-state index >= 15 is 0 Å². The van der Waals surface area contributed by atoms with Gasteiger partial charge in [-0.3, -0.25) is 0 Å². The van der Waals surface area contributed by atoms with Gasteiger partial charge >= 0.3 is 0 Å². The van der Waals surface area contributed by atoms with E-state index in [4.69, 9.17) is 10.5 Å². The summed E-state index contributed by atoms with van der Waals surface area (Å²) in [6.07, 6.45) is 1.73. The van der Waals surface area contributed by atoms with E-state index in [0.29, 0.717) is 18.9 Å². The van der Waals surface area contributed by atoms with E-state index in [-0.39, 0.29) is 17.6 Å². The van der Waals surface area contributed by atoms with Gasteiger partial charge < -0.3 is 10.5 Å². The van der Waals surface area contributed by atoms with Crippen LogP contribution in [0.2, 0.25) is 0 Å². The number of methoxy groups -OCH3 is 1. The lowest BCUT2D eigenvalue weighted by molar-refractivity contribution is 0.125. The van der Waals surface area contributed by atoms with Gasteiger partial charge in [-0.15, -0.1) is 0 Å². The topological polar surface area (TPSA) is 69.4 Å². The molecule has 0 radical (unpaired) electrons. The van der Waals surface area contributed by atoms with Gasteiger partial charge in [0.15, 0.2) is 9.84 Å². The van der Waals surface area contributed by atoms with Crippen molar-refractivity contribution in [1.29, 1.82) is 0 Å². The van der Waals surface area contributed by atoms with Crippen LogP contribution < -0.4 is 5.73 Å². The fourth-order valence-corrected chi connectivity index (χ4v) is 3.91. The van der Waals surface area contributed by atoms with Crippen LogP contribution in [0.4, 0.5) is 0 Å². The summed E-state index contributed by atoms with van der Waals surface area (Å²) in [5.74, 6) is 1.01. The third kappa shape index (κ3) is 3.22. The standard InChI is InChI=1S/C9H19NO3S/c1-13-6-9(5-10)8-3-2-4-14(11,12)7-8/h8-9H,2-7,10H2,1H3. The summed E-state index contributed by atoms with van der Waals surface area (Å²) in [5.41, 5.74) is 5.60. The van der Waals surface area contributed by atoms with E-state index < -0.39 is 9.84 Å². The Morgan fingerprint density at radius 3 is 2.79 bits per heavy atom. The van der Waals surface area contributed by atoms with Crippen molar-refractivity contribution in [3.05, 3.63) is 0 Å². The fraction of sp³-hybridized carbons (Fsp3) is 1.00. The molecule has 84 valence electrons. The molecule has 2 N–H and O–H groups in total. The molecule has 0 saturated carbocycles. The molecule has 1 fully saturated rings. The molecule has 0 aromatic rings. The first-order valence-electron chi connectivity index (χ1n) is 4.98. The van der Waals surface area contributed by atoms with Gasteiger partial charge in [0.05, 0.1) is 18.1 Å². The Bertz CT molecular complexity index is 263. The fourth-order valence-electron chi connectivity index (χ4n) is 2.04. The predicted octanol–water partition coefficient (Wildman–Crippen LogP) is 0.0325. The van der Waals surface area contributed by atoms with Crippen molar-refractivity contribution < 1.29 is 13.2 Å². The highest BCUT2D eigenvalue weighted by Gasteiger charge is 2.29. The zero-order valence-corrected chi connectivity index (χ0v) is 9.42. The second kappa shape index (κ2) is 5.09. The van der Waals surface area contributed by atoms with Crippen LogP contribution in [0.5, 0.6) is 0 Å². The van der Waals surface area contributed by atoms with Crippen molar-refractivity contribution in [3.8, 4) is 0 Å². The second-order valence-corrected chi connectivity index (χ2v) is 6.20. The lowest BCUT2D eigenvalue weighted by Crippen LogP contribution is -2.36. The first kappa shape index (κ1) is 11.9. The number of nitrogens with two attached hydrogens (primary N) is 1. The maximum absolute atomic E-state index is 11.4. The Balaban J connectivity index is 2.57. The van der Waals surface area contributed by atoms with Gasteiger partial charge in [0.25, 0.3) is 0 Å². The number of hydrogen-bond acceptors (Lipinski definition) is 4. The summed E-state index contributed by atoms with van der Waals surface area (Å²) in [4.78, 5) is 0. The average Bonchev–Trinajstić information content (AvgIpc) is 2.12. The first-order valence-corrected chi connectivity index (χ1v) is 6.80. The van der Waals surface area contributed by atoms with Gasteiger partial charge in [-0.2, -0.15) is 0 Å². The van der Waals surface area contributed by atoms with Crippen molar-refractivity contribution in [2.24, 2.45) is 17.6 Å². The molecule has 2 unspecified atom stereocenters. The van der Waals surface area contributed by atoms with Crippen molar-refractivity contribution in [2.45, 2.75) is 12.8 Å². The molecule has 0 aromatic carbocycles. The molecule has 0 bridgehead atoms. The van der Waals surface area contributed by atoms with Gasteiger partial charge in [0, 0.05) is 7.11 Å². The maximum atomic E-state index is 11.4. The van der Waals surface area contributed by atoms with Gasteiger partial charge in [0.2, 0.25) is 0 Å². The lowest BCUT2D eigenvalue weighted by atomic mass is 9.90. The summed E-state index contributed by atoms with van der Waals surface area (Å²) in [7, 11) is -1.19. The number of ether oxygens (including phenoxy) is 1. The van der Waals surface area contributed by atoms with Gasteiger partial charge in [-0.25, -0.2) is 8.42 Å². The van der Waals surface area contributed by atoms with E-state index in [1.165, 1.54) is 0 Å². The third-order valence-electron chi connectivity index (χ3n) is 2.85. The van der Waals surface area contributed by atoms with Crippen LogP contribution in [0.15, 0.2) is 0 Å². The average molecular weight is 221 g/mol. The van der Waals surface area contributed by atoms with Crippen molar-refractivity contribution in [1.82, 2.24) is 0 Å². The summed E-state index contributed by atoms with van der Waals surface area (Å²) < 4.78 is 27.8. The van der Waals surface area contributed by atoms with Crippen LogP contribution >= 0.6 is 0 Å². The van der Waals surface area contributed by atoms with Gasteiger partial charge in [-0.1, -0.05) is 0 Å². The molecule has 14 heavy (non-hydrogen) atoms. The van der Waals surface area contributed by atoms with Crippen molar-refractivity contribution in [2.75, 3.05) is 31.8 Å². The molecule has 1 saturated heterocycles. The van der Waals surface area contributed by atoms with Gasteiger partial charge in [0.1, 0.15) is 0 Å². The summed E-state index contributed by atoms with van der Waals surface area (Å²) in [5, 5.41) is 0. The molecule has 0 spiro atoms. The number of hydrogen-bond donors (Lipinski definition) is 1. The van der Waals surface area contributed by atoms with Crippen LogP contribution in [0.3, 0.4) is 0 Å². The molecule has 0 amide bonds. The van der Waals surface area contributed by atoms with E-state index in [1.807, 2.05) is 0 Å². The quantitative estimate of drug-likeness (QED) is 0.727. The molecule has 4 nitrogen and oxygen atoms in total. The minimum Gasteiger partial charge on any atom is -0.384 e. The van der Waals surface area contributed by atoms with Crippen LogP contribution in [0, 0.1) is 11.8 Å². The summed E-state index contributed by atoms with van der Waals surface area (Å²) in [6, 6.07) is 0. The molecular weight excluding hydrogens is 202 g/mol. The Hall–Kier alpha value is -0.130. The number of rotatable bonds is 4. The van der Waals surface area contributed by atoms with Crippen LogP contribution in [0.1, 0.15) is 12.8 Å². The highest BCUT2D eigenvalue weighted by atomic mass is 32.2. The molecule has 1 heterocycles. The Kier molecular flexibility index (Phi) is 4.34. The highest BCUT2D eigenvalue weighted by Crippen LogP contribution is 2.25. The first-order chi connectivity index (χ1) is 6.59. The smallest absolute Gasteiger partial charge is 0.150 e. The molecule has 0 aromatic heterocycles. The third-order valence-corrected chi connectivity index (χ3v) is 4.70. The molecule has 1 rings (SSSR count). The monoisotopic (exact) mass is 221 g/mol. The molecule has 1 aliphatic heterocycles. The van der Waals surface area contributed by atoms with Crippen LogP contribution in [-0.4, -0.2) is 40.2 Å². The molecule has 2 atom stereocenters. The molecular formula is C9H19NO3S. The van der Waals surface area contributed by atoms with Crippen LogP contribution in [-0.2, 0) is 14.6 Å². The summed E-state index contributed by atoms with van der Waals surface area (Å²) >= 11 is 0. The van der Waals surface area contributed by atoms with Crippen molar-refractivity contribution >= 4 is 9.84 Å². The highest BCUT2D eigenvalue weighted by molar-refractivity contribution is 7.91. The van der Waals surface area contributed by atoms with E-state index in [0.717, 1.165) is 12.8 Å². The SMILES string of the molecule is COCC(CN)C1CCCS(=O)(=O)C1. The predicted molar refractivity (Wildman–Crippen MR) is 55.8 cm³/mol. The lowest BCUT2D eigenvalue weighted by Gasteiger charge is -2.28. The Labute approximate surface area is 85.7 Å². The Morgan fingerprint density at radius 2 is 2.29 bits per heavy atom. The largest absolute Gasteiger partial charge is 0.384 e. The number of sulfone groups is 1. The molecule has 5 heteroatoms. The van der Waals surface area contributed by atoms with E-state index in [1.54, 1.807) is 7.11 Å². The minimum atomic E-state index is -2.82. The zero-order chi connectivity index (χ0) is 10.6. The van der Waals surface area contributed by atoms with E-state index in [2.05, 4.69) is 0 Å². The molecule has 0 aliphatic carbocycles. The minimum absolute atomic E-state index is 0.190. The van der Waals surface area contributed by atoms with Crippen LogP contribution in [0.25, 0.3) is 0 Å². The maximum Gasteiger partial charge on any atom is 0.150 e. The molecule has 1 aliphatic rings. The van der Waals surface area contributed by atoms with Gasteiger partial charge in [-0.05, 0) is 31.2 Å².